The van der Waals surface area contributed by atoms with Gasteiger partial charge in [-0.2, -0.15) is 0 Å². The summed E-state index contributed by atoms with van der Waals surface area (Å²) < 4.78 is 0. The number of pyridine rings is 1. The first kappa shape index (κ1) is 22.5. The molecule has 2 N–H and O–H groups in total. The van der Waals surface area contributed by atoms with Gasteiger partial charge >= 0.3 is 0 Å². The molecule has 2 aromatic rings. The molecule has 172 valence electrons. The maximum atomic E-state index is 12.5. The van der Waals surface area contributed by atoms with Crippen LogP contribution in [0.4, 0.5) is 5.69 Å². The number of carbonyl (C=O) groups excluding carboxylic acids is 1. The molecule has 8 nitrogen and oxygen atoms in total. The summed E-state index contributed by atoms with van der Waals surface area (Å²) in [7, 11) is 1.61. The van der Waals surface area contributed by atoms with Crippen molar-refractivity contribution >= 4 is 11.6 Å². The van der Waals surface area contributed by atoms with Crippen LogP contribution in [-0.2, 0) is 12.8 Å². The minimum atomic E-state index is -0.164. The Labute approximate surface area is 189 Å². The van der Waals surface area contributed by atoms with E-state index in [1.165, 1.54) is 0 Å². The summed E-state index contributed by atoms with van der Waals surface area (Å²) in [4.78, 5) is 41.3. The second-order valence-corrected chi connectivity index (χ2v) is 8.75. The molecule has 1 aliphatic carbocycles. The summed E-state index contributed by atoms with van der Waals surface area (Å²) >= 11 is 0. The zero-order chi connectivity index (χ0) is 22.7. The third-order valence-electron chi connectivity index (χ3n) is 7.00. The van der Waals surface area contributed by atoms with E-state index in [1.807, 2.05) is 13.0 Å². The van der Waals surface area contributed by atoms with Gasteiger partial charge in [-0.1, -0.05) is 13.8 Å². The molecule has 1 aliphatic heterocycles. The van der Waals surface area contributed by atoms with E-state index in [0.717, 1.165) is 81.1 Å². The highest BCUT2D eigenvalue weighted by atomic mass is 16.1. The first-order chi connectivity index (χ1) is 15.5. The SMILES string of the molecule is CCc1nc([C@@H]2CC[C@@H](N3CCN(c4ccc(C(=O)NC)nc4)CC3)C2)[nH]c(=O)c1CC. The van der Waals surface area contributed by atoms with Gasteiger partial charge in [-0.15, -0.1) is 0 Å². The summed E-state index contributed by atoms with van der Waals surface area (Å²) in [6.45, 7) is 8.00. The molecule has 0 spiro atoms. The average molecular weight is 439 g/mol. The summed E-state index contributed by atoms with van der Waals surface area (Å²) in [5.41, 5.74) is 3.34. The van der Waals surface area contributed by atoms with Crippen LogP contribution in [0, 0.1) is 0 Å². The van der Waals surface area contributed by atoms with Crippen molar-refractivity contribution in [2.75, 3.05) is 38.1 Å². The van der Waals surface area contributed by atoms with Crippen LogP contribution in [0.2, 0.25) is 0 Å². The first-order valence-corrected chi connectivity index (χ1v) is 11.8. The third-order valence-corrected chi connectivity index (χ3v) is 7.00. The number of rotatable bonds is 6. The van der Waals surface area contributed by atoms with Crippen molar-refractivity contribution in [1.82, 2.24) is 25.2 Å². The Morgan fingerprint density at radius 2 is 1.94 bits per heavy atom. The number of piperazine rings is 1. The predicted molar refractivity (Wildman–Crippen MR) is 125 cm³/mol. The molecule has 2 fully saturated rings. The van der Waals surface area contributed by atoms with E-state index in [2.05, 4.69) is 32.0 Å². The standard InChI is InChI=1S/C24H34N6O2/c1-4-19-20(5-2)27-22(28-23(19)31)16-6-7-17(14-16)29-10-12-30(13-11-29)18-8-9-21(26-15-18)24(32)25-3/h8-9,15-17H,4-7,10-14H2,1-3H3,(H,25,32)(H,27,28,31)/t16-,17-/m1/s1. The number of nitrogens with zero attached hydrogens (tertiary/aromatic N) is 4. The van der Waals surface area contributed by atoms with Crippen molar-refractivity contribution in [2.24, 2.45) is 0 Å². The zero-order valence-corrected chi connectivity index (χ0v) is 19.4. The Morgan fingerprint density at radius 1 is 1.16 bits per heavy atom. The van der Waals surface area contributed by atoms with Crippen molar-refractivity contribution in [1.29, 1.82) is 0 Å². The number of aromatic nitrogens is 3. The molecule has 1 amide bonds. The molecular weight excluding hydrogens is 404 g/mol. The van der Waals surface area contributed by atoms with E-state index in [-0.39, 0.29) is 11.5 Å². The summed E-state index contributed by atoms with van der Waals surface area (Å²) in [6.07, 6.45) is 6.60. The smallest absolute Gasteiger partial charge is 0.269 e. The van der Waals surface area contributed by atoms with Crippen molar-refractivity contribution in [2.45, 2.75) is 57.9 Å². The first-order valence-electron chi connectivity index (χ1n) is 11.8. The van der Waals surface area contributed by atoms with Gasteiger partial charge < -0.3 is 15.2 Å². The topological polar surface area (TPSA) is 94.2 Å². The molecule has 2 aromatic heterocycles. The van der Waals surface area contributed by atoms with Gasteiger partial charge in [-0.05, 0) is 44.2 Å². The number of hydrogen-bond donors (Lipinski definition) is 2. The van der Waals surface area contributed by atoms with E-state index in [0.29, 0.717) is 17.7 Å². The van der Waals surface area contributed by atoms with Gasteiger partial charge in [0.25, 0.3) is 11.5 Å². The molecule has 1 saturated heterocycles. The lowest BCUT2D eigenvalue weighted by atomic mass is 10.0. The number of anilines is 1. The van der Waals surface area contributed by atoms with E-state index in [9.17, 15) is 9.59 Å². The van der Waals surface area contributed by atoms with Gasteiger partial charge in [-0.25, -0.2) is 9.97 Å². The minimum Gasteiger partial charge on any atom is -0.368 e. The van der Waals surface area contributed by atoms with E-state index in [4.69, 9.17) is 4.98 Å². The molecular formula is C24H34N6O2. The number of carbonyl (C=O) groups is 1. The van der Waals surface area contributed by atoms with Crippen molar-refractivity contribution in [3.05, 3.63) is 51.5 Å². The van der Waals surface area contributed by atoms with Crippen LogP contribution in [-0.4, -0.2) is 65.0 Å². The Hall–Kier alpha value is -2.74. The van der Waals surface area contributed by atoms with Crippen LogP contribution >= 0.6 is 0 Å². The molecule has 0 aromatic carbocycles. The number of nitrogens with one attached hydrogen (secondary N) is 2. The number of aromatic amines is 1. The normalized spacial score (nSPS) is 21.7. The number of hydrogen-bond acceptors (Lipinski definition) is 6. The highest BCUT2D eigenvalue weighted by Gasteiger charge is 2.33. The molecule has 2 atom stereocenters. The van der Waals surface area contributed by atoms with Crippen LogP contribution in [0.25, 0.3) is 0 Å². The molecule has 1 saturated carbocycles. The van der Waals surface area contributed by atoms with Gasteiger partial charge in [0.15, 0.2) is 0 Å². The van der Waals surface area contributed by atoms with Gasteiger partial charge in [0.2, 0.25) is 0 Å². The van der Waals surface area contributed by atoms with Crippen LogP contribution < -0.4 is 15.8 Å². The second kappa shape index (κ2) is 9.81. The minimum absolute atomic E-state index is 0.0439. The molecule has 0 bridgehead atoms. The lowest BCUT2D eigenvalue weighted by Crippen LogP contribution is -2.49. The largest absolute Gasteiger partial charge is 0.368 e. The Bertz CT molecular complexity index is 995. The number of H-pyrrole nitrogens is 1. The van der Waals surface area contributed by atoms with Gasteiger partial charge in [0.1, 0.15) is 11.5 Å². The number of amides is 1. The average Bonchev–Trinajstić information content (AvgIpc) is 3.33. The highest BCUT2D eigenvalue weighted by molar-refractivity contribution is 5.92. The number of aryl methyl sites for hydroxylation is 1. The van der Waals surface area contributed by atoms with Crippen LogP contribution in [0.5, 0.6) is 0 Å². The maximum Gasteiger partial charge on any atom is 0.269 e. The Morgan fingerprint density at radius 3 is 2.56 bits per heavy atom. The molecule has 0 unspecified atom stereocenters. The van der Waals surface area contributed by atoms with Crippen LogP contribution in [0.15, 0.2) is 23.1 Å². The van der Waals surface area contributed by atoms with Gasteiger partial charge in [0, 0.05) is 50.7 Å². The fourth-order valence-corrected chi connectivity index (χ4v) is 5.13. The molecule has 2 aliphatic rings. The monoisotopic (exact) mass is 438 g/mol. The molecule has 0 radical (unpaired) electrons. The fraction of sp³-hybridized carbons (Fsp3) is 0.583. The van der Waals surface area contributed by atoms with Gasteiger partial charge in [0.05, 0.1) is 17.6 Å². The summed E-state index contributed by atoms with van der Waals surface area (Å²) in [5, 5.41) is 2.60. The maximum absolute atomic E-state index is 12.5. The van der Waals surface area contributed by atoms with Crippen molar-refractivity contribution < 1.29 is 4.79 Å². The van der Waals surface area contributed by atoms with Crippen molar-refractivity contribution in [3.8, 4) is 0 Å². The third kappa shape index (κ3) is 4.55. The molecule has 4 rings (SSSR count). The Kier molecular flexibility index (Phi) is 6.89. The van der Waals surface area contributed by atoms with E-state index >= 15 is 0 Å². The lowest BCUT2D eigenvalue weighted by Gasteiger charge is -2.39. The predicted octanol–water partition coefficient (Wildman–Crippen LogP) is 2.11. The summed E-state index contributed by atoms with van der Waals surface area (Å²) in [6, 6.07) is 4.30. The molecule has 3 heterocycles. The molecule has 8 heteroatoms. The van der Waals surface area contributed by atoms with Gasteiger partial charge in [-0.3, -0.25) is 14.5 Å². The molecule has 32 heavy (non-hydrogen) atoms. The van der Waals surface area contributed by atoms with Crippen LogP contribution in [0.1, 0.15) is 66.6 Å². The quantitative estimate of drug-likeness (QED) is 0.717. The van der Waals surface area contributed by atoms with Crippen LogP contribution in [0.3, 0.4) is 0 Å². The highest BCUT2D eigenvalue weighted by Crippen LogP contribution is 2.36. The fourth-order valence-electron chi connectivity index (χ4n) is 5.13. The summed E-state index contributed by atoms with van der Waals surface area (Å²) in [5.74, 6) is 1.05. The zero-order valence-electron chi connectivity index (χ0n) is 19.4. The Balaban J connectivity index is 1.35. The second-order valence-electron chi connectivity index (χ2n) is 8.75. The van der Waals surface area contributed by atoms with Crippen molar-refractivity contribution in [3.63, 3.8) is 0 Å². The van der Waals surface area contributed by atoms with E-state index < -0.39 is 0 Å². The van der Waals surface area contributed by atoms with E-state index in [1.54, 1.807) is 19.3 Å². The lowest BCUT2D eigenvalue weighted by molar-refractivity contribution is 0.0958.